The van der Waals surface area contributed by atoms with E-state index in [-0.39, 0.29) is 42.7 Å². The van der Waals surface area contributed by atoms with Crippen LogP contribution in [0.5, 0.6) is 0 Å². The van der Waals surface area contributed by atoms with Crippen LogP contribution in [0.25, 0.3) is 0 Å². The van der Waals surface area contributed by atoms with Gasteiger partial charge in [-0.1, -0.05) is 19.9 Å². The molecule has 2 rings (SSSR count). The van der Waals surface area contributed by atoms with Gasteiger partial charge in [-0.2, -0.15) is 4.31 Å². The zero-order valence-electron chi connectivity index (χ0n) is 16.0. The average Bonchev–Trinajstić information content (AvgIpc) is 2.70. The first-order chi connectivity index (χ1) is 13.3. The summed E-state index contributed by atoms with van der Waals surface area (Å²) in [5.74, 6) is -1.50. The van der Waals surface area contributed by atoms with Gasteiger partial charge in [-0.15, -0.1) is 0 Å². The van der Waals surface area contributed by atoms with Gasteiger partial charge in [0, 0.05) is 18.7 Å². The van der Waals surface area contributed by atoms with Crippen LogP contribution in [0.2, 0.25) is 0 Å². The molecule has 0 radical (unpaired) electrons. The van der Waals surface area contributed by atoms with E-state index in [0.29, 0.717) is 13.2 Å². The van der Waals surface area contributed by atoms with Crippen LogP contribution >= 0.6 is 0 Å². The molecule has 2 N–H and O–H groups in total. The van der Waals surface area contributed by atoms with E-state index in [9.17, 15) is 18.0 Å². The van der Waals surface area contributed by atoms with E-state index in [1.165, 1.54) is 28.6 Å². The molecule has 0 spiro atoms. The molecule has 1 atom stereocenters. The van der Waals surface area contributed by atoms with Gasteiger partial charge in [0.2, 0.25) is 10.0 Å². The topological polar surface area (TPSA) is 122 Å². The van der Waals surface area contributed by atoms with Gasteiger partial charge in [0.1, 0.15) is 12.6 Å². The number of esters is 1. The third kappa shape index (κ3) is 5.51. The van der Waals surface area contributed by atoms with Gasteiger partial charge < -0.3 is 19.9 Å². The van der Waals surface area contributed by atoms with Crippen molar-refractivity contribution in [2.45, 2.75) is 24.8 Å². The predicted molar refractivity (Wildman–Crippen MR) is 100 cm³/mol. The Morgan fingerprint density at radius 1 is 1.29 bits per heavy atom. The summed E-state index contributed by atoms with van der Waals surface area (Å²) in [6.07, 6.45) is 0. The number of ether oxygens (including phenoxy) is 2. The molecule has 1 aliphatic heterocycles. The molecule has 156 valence electrons. The first kappa shape index (κ1) is 22.3. The lowest BCUT2D eigenvalue weighted by Crippen LogP contribution is -2.45. The Balaban J connectivity index is 2.17. The molecule has 1 aliphatic rings. The molecular weight excluding hydrogens is 388 g/mol. The van der Waals surface area contributed by atoms with Crippen molar-refractivity contribution in [2.24, 2.45) is 5.92 Å². The van der Waals surface area contributed by atoms with E-state index >= 15 is 0 Å². The summed E-state index contributed by atoms with van der Waals surface area (Å²) >= 11 is 0. The second-order valence-electron chi connectivity index (χ2n) is 6.63. The number of carbonyl (C=O) groups is 2. The number of nitrogens with one attached hydrogen (secondary N) is 1. The maximum Gasteiger partial charge on any atom is 0.328 e. The summed E-state index contributed by atoms with van der Waals surface area (Å²) < 4.78 is 36.9. The lowest BCUT2D eigenvalue weighted by molar-refractivity contribution is -0.148. The molecule has 1 heterocycles. The summed E-state index contributed by atoms with van der Waals surface area (Å²) in [6.45, 7) is 4.17. The number of amides is 1. The van der Waals surface area contributed by atoms with Crippen LogP contribution in [0.4, 0.5) is 0 Å². The lowest BCUT2D eigenvalue weighted by atomic mass is 10.0. The second-order valence-corrected chi connectivity index (χ2v) is 8.57. The minimum atomic E-state index is -3.74. The number of aliphatic hydroxyl groups is 1. The van der Waals surface area contributed by atoms with Gasteiger partial charge in [0.15, 0.2) is 0 Å². The van der Waals surface area contributed by atoms with Gasteiger partial charge >= 0.3 is 5.97 Å². The summed E-state index contributed by atoms with van der Waals surface area (Å²) in [4.78, 5) is 24.7. The van der Waals surface area contributed by atoms with E-state index in [1.807, 2.05) is 0 Å². The maximum absolute atomic E-state index is 12.8. The number of benzene rings is 1. The molecule has 9 nitrogen and oxygen atoms in total. The predicted octanol–water partition coefficient (Wildman–Crippen LogP) is -0.00260. The highest BCUT2D eigenvalue weighted by molar-refractivity contribution is 7.89. The van der Waals surface area contributed by atoms with Gasteiger partial charge in [-0.3, -0.25) is 4.79 Å². The number of nitrogens with zero attached hydrogens (tertiary/aromatic N) is 1. The average molecular weight is 414 g/mol. The Morgan fingerprint density at radius 3 is 2.57 bits per heavy atom. The molecule has 1 fully saturated rings. The Bertz CT molecular complexity index is 789. The highest BCUT2D eigenvalue weighted by Gasteiger charge is 2.29. The Hall–Kier alpha value is -2.01. The van der Waals surface area contributed by atoms with E-state index in [0.717, 1.165) is 0 Å². The third-order valence-electron chi connectivity index (χ3n) is 4.25. The standard InChI is InChI=1S/C18H26N2O7S/c1-13(2)16(18(23)27-11-8-21)19-17(22)14-4-3-5-15(12-14)28(24,25)20-6-9-26-10-7-20/h3-5,12-13,16,21H,6-11H2,1-2H3,(H,19,22)/t16-/m0/s1. The zero-order valence-corrected chi connectivity index (χ0v) is 16.8. The van der Waals surface area contributed by atoms with Crippen LogP contribution in [0, 0.1) is 5.92 Å². The molecular formula is C18H26N2O7S. The number of rotatable bonds is 8. The molecule has 0 aliphatic carbocycles. The van der Waals surface area contributed by atoms with Crippen molar-refractivity contribution in [3.8, 4) is 0 Å². The normalized spacial score (nSPS) is 16.6. The van der Waals surface area contributed by atoms with Crippen molar-refractivity contribution in [3.63, 3.8) is 0 Å². The van der Waals surface area contributed by atoms with Crippen LogP contribution in [-0.2, 0) is 24.3 Å². The van der Waals surface area contributed by atoms with Crippen molar-refractivity contribution in [3.05, 3.63) is 29.8 Å². The molecule has 0 unspecified atom stereocenters. The van der Waals surface area contributed by atoms with Crippen LogP contribution < -0.4 is 5.32 Å². The highest BCUT2D eigenvalue weighted by atomic mass is 32.2. The van der Waals surface area contributed by atoms with Crippen molar-refractivity contribution < 1.29 is 32.6 Å². The highest BCUT2D eigenvalue weighted by Crippen LogP contribution is 2.18. The van der Waals surface area contributed by atoms with Gasteiger partial charge in [-0.05, 0) is 24.1 Å². The van der Waals surface area contributed by atoms with Crippen LogP contribution in [-0.4, -0.2) is 75.3 Å². The molecule has 0 bridgehead atoms. The molecule has 0 saturated carbocycles. The number of hydrogen-bond acceptors (Lipinski definition) is 7. The van der Waals surface area contributed by atoms with Gasteiger partial charge in [0.25, 0.3) is 5.91 Å². The number of carbonyl (C=O) groups excluding carboxylic acids is 2. The molecule has 10 heteroatoms. The minimum absolute atomic E-state index is 0.00556. The van der Waals surface area contributed by atoms with Crippen LogP contribution in [0.1, 0.15) is 24.2 Å². The van der Waals surface area contributed by atoms with Crippen molar-refractivity contribution in [1.82, 2.24) is 9.62 Å². The number of morpholine rings is 1. The zero-order chi connectivity index (χ0) is 20.7. The molecule has 0 aromatic heterocycles. The van der Waals surface area contributed by atoms with E-state index < -0.39 is 27.9 Å². The summed E-state index contributed by atoms with van der Waals surface area (Å²) in [6, 6.07) is 4.76. The summed E-state index contributed by atoms with van der Waals surface area (Å²) in [7, 11) is -3.74. The Kier molecular flexibility index (Phi) is 7.93. The molecule has 1 amide bonds. The first-order valence-electron chi connectivity index (χ1n) is 9.03. The van der Waals surface area contributed by atoms with E-state index in [4.69, 9.17) is 14.6 Å². The third-order valence-corrected chi connectivity index (χ3v) is 6.14. The van der Waals surface area contributed by atoms with E-state index in [2.05, 4.69) is 5.32 Å². The van der Waals surface area contributed by atoms with Crippen molar-refractivity contribution >= 4 is 21.9 Å². The van der Waals surface area contributed by atoms with E-state index in [1.54, 1.807) is 13.8 Å². The fourth-order valence-electron chi connectivity index (χ4n) is 2.69. The number of aliphatic hydroxyl groups excluding tert-OH is 1. The molecule has 28 heavy (non-hydrogen) atoms. The fraction of sp³-hybridized carbons (Fsp3) is 0.556. The largest absolute Gasteiger partial charge is 0.462 e. The summed E-state index contributed by atoms with van der Waals surface area (Å²) in [5.41, 5.74) is 0.120. The minimum Gasteiger partial charge on any atom is -0.462 e. The quantitative estimate of drug-likeness (QED) is 0.574. The Morgan fingerprint density at radius 2 is 1.96 bits per heavy atom. The molecule has 1 saturated heterocycles. The number of hydrogen-bond donors (Lipinski definition) is 2. The Labute approximate surface area is 164 Å². The van der Waals surface area contributed by atoms with Crippen molar-refractivity contribution in [1.29, 1.82) is 0 Å². The monoisotopic (exact) mass is 414 g/mol. The van der Waals surface area contributed by atoms with Crippen LogP contribution in [0.15, 0.2) is 29.2 Å². The number of sulfonamides is 1. The van der Waals surface area contributed by atoms with Gasteiger partial charge in [0.05, 0.1) is 24.7 Å². The molecule has 1 aromatic carbocycles. The maximum atomic E-state index is 12.8. The fourth-order valence-corrected chi connectivity index (χ4v) is 4.15. The first-order valence-corrected chi connectivity index (χ1v) is 10.5. The smallest absolute Gasteiger partial charge is 0.328 e. The summed E-state index contributed by atoms with van der Waals surface area (Å²) in [5, 5.41) is 11.4. The lowest BCUT2D eigenvalue weighted by Gasteiger charge is -2.26. The van der Waals surface area contributed by atoms with Crippen molar-refractivity contribution in [2.75, 3.05) is 39.5 Å². The second kappa shape index (κ2) is 9.97. The molecule has 1 aromatic rings. The van der Waals surface area contributed by atoms with Gasteiger partial charge in [-0.25, -0.2) is 13.2 Å². The van der Waals surface area contributed by atoms with Crippen LogP contribution in [0.3, 0.4) is 0 Å². The SMILES string of the molecule is CC(C)[C@H](NC(=O)c1cccc(S(=O)(=O)N2CCOCC2)c1)C(=O)OCCO.